The van der Waals surface area contributed by atoms with E-state index in [9.17, 15) is 0 Å². The second kappa shape index (κ2) is 6.04. The molecule has 3 rings (SSSR count). The van der Waals surface area contributed by atoms with E-state index in [0.29, 0.717) is 0 Å². The molecule has 0 aliphatic heterocycles. The van der Waals surface area contributed by atoms with Gasteiger partial charge in [-0.2, -0.15) is 0 Å². The minimum atomic E-state index is 0.850. The SMILES string of the molecule is CCc1ccc(CC2CCCC2CNC2CC2)nc1. The normalized spacial score (nSPS) is 26.8. The summed E-state index contributed by atoms with van der Waals surface area (Å²) in [6.45, 7) is 3.43. The molecule has 2 unspecified atom stereocenters. The first kappa shape index (κ1) is 13.1. The molecular weight excluding hydrogens is 232 g/mol. The fourth-order valence-electron chi connectivity index (χ4n) is 3.31. The van der Waals surface area contributed by atoms with Gasteiger partial charge < -0.3 is 5.32 Å². The van der Waals surface area contributed by atoms with E-state index in [1.807, 2.05) is 0 Å². The zero-order chi connectivity index (χ0) is 13.1. The van der Waals surface area contributed by atoms with Gasteiger partial charge in [-0.15, -0.1) is 0 Å². The van der Waals surface area contributed by atoms with Gasteiger partial charge in [0, 0.05) is 17.9 Å². The number of hydrogen-bond acceptors (Lipinski definition) is 2. The Kier molecular flexibility index (Phi) is 4.17. The molecule has 0 saturated heterocycles. The van der Waals surface area contributed by atoms with Gasteiger partial charge >= 0.3 is 0 Å². The Morgan fingerprint density at radius 1 is 1.16 bits per heavy atom. The molecular formula is C17H26N2. The number of pyridine rings is 1. The highest BCUT2D eigenvalue weighted by Gasteiger charge is 2.29. The van der Waals surface area contributed by atoms with E-state index in [2.05, 4.69) is 35.6 Å². The van der Waals surface area contributed by atoms with E-state index in [-0.39, 0.29) is 0 Å². The molecule has 2 atom stereocenters. The fourth-order valence-corrected chi connectivity index (χ4v) is 3.31. The number of rotatable bonds is 6. The molecule has 0 spiro atoms. The molecule has 19 heavy (non-hydrogen) atoms. The molecule has 0 aromatic carbocycles. The highest BCUT2D eigenvalue weighted by atomic mass is 14.9. The summed E-state index contributed by atoms with van der Waals surface area (Å²) in [5.74, 6) is 1.74. The Labute approximate surface area is 117 Å². The maximum Gasteiger partial charge on any atom is 0.0406 e. The lowest BCUT2D eigenvalue weighted by molar-refractivity contribution is 0.361. The highest BCUT2D eigenvalue weighted by Crippen LogP contribution is 2.34. The van der Waals surface area contributed by atoms with Gasteiger partial charge in [0.25, 0.3) is 0 Å². The Bertz CT molecular complexity index is 394. The Balaban J connectivity index is 1.54. The maximum atomic E-state index is 4.63. The van der Waals surface area contributed by atoms with Crippen molar-refractivity contribution in [3.63, 3.8) is 0 Å². The van der Waals surface area contributed by atoms with E-state index in [4.69, 9.17) is 0 Å². The van der Waals surface area contributed by atoms with Crippen LogP contribution in [0.25, 0.3) is 0 Å². The summed E-state index contributed by atoms with van der Waals surface area (Å²) >= 11 is 0. The minimum Gasteiger partial charge on any atom is -0.314 e. The quantitative estimate of drug-likeness (QED) is 0.846. The first-order valence-electron chi connectivity index (χ1n) is 8.02. The van der Waals surface area contributed by atoms with Crippen LogP contribution in [0.2, 0.25) is 0 Å². The van der Waals surface area contributed by atoms with Gasteiger partial charge in [0.2, 0.25) is 0 Å². The van der Waals surface area contributed by atoms with E-state index in [1.54, 1.807) is 0 Å². The van der Waals surface area contributed by atoms with Crippen molar-refractivity contribution < 1.29 is 0 Å². The van der Waals surface area contributed by atoms with Crippen LogP contribution in [0.15, 0.2) is 18.3 Å². The van der Waals surface area contributed by atoms with Gasteiger partial charge in [0.1, 0.15) is 0 Å². The van der Waals surface area contributed by atoms with Crippen LogP contribution in [0.5, 0.6) is 0 Å². The summed E-state index contributed by atoms with van der Waals surface area (Å²) in [6, 6.07) is 5.33. The van der Waals surface area contributed by atoms with Crippen molar-refractivity contribution >= 4 is 0 Å². The molecule has 2 heteroatoms. The number of nitrogens with zero attached hydrogens (tertiary/aromatic N) is 1. The average molecular weight is 258 g/mol. The lowest BCUT2D eigenvalue weighted by Crippen LogP contribution is -2.27. The molecule has 2 aliphatic carbocycles. The van der Waals surface area contributed by atoms with Gasteiger partial charge in [-0.1, -0.05) is 19.4 Å². The van der Waals surface area contributed by atoms with E-state index in [0.717, 1.165) is 24.3 Å². The first-order valence-corrected chi connectivity index (χ1v) is 8.02. The molecule has 104 valence electrons. The molecule has 1 heterocycles. The van der Waals surface area contributed by atoms with Gasteiger partial charge in [0.15, 0.2) is 0 Å². The standard InChI is InChI=1S/C17H26N2/c1-2-13-6-7-17(18-11-13)10-14-4-3-5-15(14)12-19-16-8-9-16/h6-7,11,14-16,19H,2-5,8-10,12H2,1H3. The zero-order valence-corrected chi connectivity index (χ0v) is 12.1. The molecule has 2 saturated carbocycles. The average Bonchev–Trinajstić information content (AvgIpc) is 3.18. The van der Waals surface area contributed by atoms with Crippen LogP contribution in [0.3, 0.4) is 0 Å². The number of nitrogens with one attached hydrogen (secondary N) is 1. The third-order valence-corrected chi connectivity index (χ3v) is 4.83. The number of hydrogen-bond donors (Lipinski definition) is 1. The van der Waals surface area contributed by atoms with Crippen LogP contribution < -0.4 is 5.32 Å². The van der Waals surface area contributed by atoms with Crippen molar-refractivity contribution in [1.29, 1.82) is 0 Å². The number of aromatic nitrogens is 1. The Morgan fingerprint density at radius 2 is 2.00 bits per heavy atom. The van der Waals surface area contributed by atoms with Crippen LogP contribution in [0.1, 0.15) is 50.3 Å². The van der Waals surface area contributed by atoms with E-state index in [1.165, 1.54) is 56.3 Å². The third kappa shape index (κ3) is 3.56. The van der Waals surface area contributed by atoms with Gasteiger partial charge in [-0.05, 0) is 68.5 Å². The lowest BCUT2D eigenvalue weighted by Gasteiger charge is -2.20. The molecule has 1 aromatic heterocycles. The van der Waals surface area contributed by atoms with Crippen LogP contribution in [-0.4, -0.2) is 17.6 Å². The van der Waals surface area contributed by atoms with Crippen LogP contribution in [0, 0.1) is 11.8 Å². The van der Waals surface area contributed by atoms with E-state index >= 15 is 0 Å². The topological polar surface area (TPSA) is 24.9 Å². The predicted octanol–water partition coefficient (Wildman–Crippen LogP) is 3.35. The molecule has 0 amide bonds. The van der Waals surface area contributed by atoms with Crippen LogP contribution in [0.4, 0.5) is 0 Å². The van der Waals surface area contributed by atoms with Crippen molar-refractivity contribution in [3.8, 4) is 0 Å². The molecule has 1 aromatic rings. The maximum absolute atomic E-state index is 4.63. The van der Waals surface area contributed by atoms with Crippen LogP contribution >= 0.6 is 0 Å². The Morgan fingerprint density at radius 3 is 2.68 bits per heavy atom. The molecule has 2 fully saturated rings. The van der Waals surface area contributed by atoms with Crippen LogP contribution in [-0.2, 0) is 12.8 Å². The zero-order valence-electron chi connectivity index (χ0n) is 12.1. The second-order valence-electron chi connectivity index (χ2n) is 6.35. The molecule has 1 N–H and O–H groups in total. The summed E-state index contributed by atoms with van der Waals surface area (Å²) in [4.78, 5) is 4.63. The summed E-state index contributed by atoms with van der Waals surface area (Å²) in [5, 5.41) is 3.71. The fraction of sp³-hybridized carbons (Fsp3) is 0.706. The van der Waals surface area contributed by atoms with Gasteiger partial charge in [-0.25, -0.2) is 0 Å². The van der Waals surface area contributed by atoms with Crippen molar-refractivity contribution in [3.05, 3.63) is 29.6 Å². The molecule has 2 nitrogen and oxygen atoms in total. The predicted molar refractivity (Wildman–Crippen MR) is 79.2 cm³/mol. The largest absolute Gasteiger partial charge is 0.314 e. The minimum absolute atomic E-state index is 0.850. The number of aryl methyl sites for hydroxylation is 1. The summed E-state index contributed by atoms with van der Waals surface area (Å²) in [6.07, 6.45) is 11.3. The van der Waals surface area contributed by atoms with Gasteiger partial charge in [0.05, 0.1) is 0 Å². The van der Waals surface area contributed by atoms with Crippen molar-refractivity contribution in [2.45, 2.75) is 57.9 Å². The third-order valence-electron chi connectivity index (χ3n) is 4.83. The summed E-state index contributed by atoms with van der Waals surface area (Å²) < 4.78 is 0. The smallest absolute Gasteiger partial charge is 0.0406 e. The van der Waals surface area contributed by atoms with Crippen molar-refractivity contribution in [2.75, 3.05) is 6.54 Å². The molecule has 0 bridgehead atoms. The lowest BCUT2D eigenvalue weighted by atomic mass is 9.91. The Hall–Kier alpha value is -0.890. The van der Waals surface area contributed by atoms with Crippen molar-refractivity contribution in [2.24, 2.45) is 11.8 Å². The summed E-state index contributed by atoms with van der Waals surface area (Å²) in [7, 11) is 0. The first-order chi connectivity index (χ1) is 9.35. The molecule has 0 radical (unpaired) electrons. The monoisotopic (exact) mass is 258 g/mol. The van der Waals surface area contributed by atoms with Gasteiger partial charge in [-0.3, -0.25) is 4.98 Å². The molecule has 2 aliphatic rings. The van der Waals surface area contributed by atoms with E-state index < -0.39 is 0 Å². The second-order valence-corrected chi connectivity index (χ2v) is 6.35. The summed E-state index contributed by atoms with van der Waals surface area (Å²) in [5.41, 5.74) is 2.64. The van der Waals surface area contributed by atoms with Crippen molar-refractivity contribution in [1.82, 2.24) is 10.3 Å². The highest BCUT2D eigenvalue weighted by molar-refractivity contribution is 5.14.